The van der Waals surface area contributed by atoms with Crippen molar-refractivity contribution in [3.05, 3.63) is 29.8 Å². The highest BCUT2D eigenvalue weighted by atomic mass is 19.4. The number of anilines is 1. The summed E-state index contributed by atoms with van der Waals surface area (Å²) in [6.07, 6.45) is -5.17. The number of para-hydroxylation sites is 1. The van der Waals surface area contributed by atoms with E-state index in [0.29, 0.717) is 11.3 Å². The number of halogens is 3. The third-order valence-electron chi connectivity index (χ3n) is 8.26. The fraction of sp³-hybridized carbons (Fsp3) is 0.593. The highest BCUT2D eigenvalue weighted by molar-refractivity contribution is 6.03. The number of hydrogen-bond acceptors (Lipinski definition) is 5. The zero-order valence-corrected chi connectivity index (χ0v) is 22.3. The van der Waals surface area contributed by atoms with E-state index in [-0.39, 0.29) is 36.1 Å². The minimum Gasteiger partial charge on any atom is -0.339 e. The van der Waals surface area contributed by atoms with Gasteiger partial charge in [0.25, 0.3) is 0 Å². The normalized spacial score (nSPS) is 26.4. The topological polar surface area (TPSA) is 131 Å². The largest absolute Gasteiger partial charge is 0.471 e. The molecule has 3 N–H and O–H groups in total. The van der Waals surface area contributed by atoms with Crippen molar-refractivity contribution >= 4 is 29.3 Å². The Morgan fingerprint density at radius 2 is 1.82 bits per heavy atom. The first-order chi connectivity index (χ1) is 18.0. The predicted octanol–water partition coefficient (Wildman–Crippen LogP) is 2.70. The summed E-state index contributed by atoms with van der Waals surface area (Å²) >= 11 is 0. The van der Waals surface area contributed by atoms with Crippen LogP contribution in [0.5, 0.6) is 0 Å². The molecule has 6 atom stereocenters. The number of likely N-dealkylation sites (tertiary alicyclic amines) is 1. The van der Waals surface area contributed by atoms with Gasteiger partial charge in [0.2, 0.25) is 17.7 Å². The van der Waals surface area contributed by atoms with Crippen LogP contribution in [0.3, 0.4) is 0 Å². The Kier molecular flexibility index (Phi) is 6.94. The first-order valence-corrected chi connectivity index (χ1v) is 12.8. The number of fused-ring (bicyclic) bond motifs is 2. The number of rotatable bonds is 6. The first-order valence-electron chi connectivity index (χ1n) is 12.8. The van der Waals surface area contributed by atoms with Crippen molar-refractivity contribution in [1.29, 1.82) is 5.26 Å². The molecule has 1 aliphatic carbocycles. The molecule has 3 aliphatic rings. The fourth-order valence-electron chi connectivity index (χ4n) is 5.99. The third-order valence-corrected chi connectivity index (χ3v) is 8.26. The van der Waals surface area contributed by atoms with E-state index in [9.17, 15) is 37.6 Å². The quantitative estimate of drug-likeness (QED) is 0.504. The lowest BCUT2D eigenvalue weighted by molar-refractivity contribution is -0.176. The molecule has 4 rings (SSSR count). The molecule has 0 spiro atoms. The molecular formula is C27H32F3N5O4. The second kappa shape index (κ2) is 9.54. The Balaban J connectivity index is 1.54. The van der Waals surface area contributed by atoms with Crippen LogP contribution in [0.15, 0.2) is 24.3 Å². The molecule has 12 heteroatoms. The molecule has 2 unspecified atom stereocenters. The summed E-state index contributed by atoms with van der Waals surface area (Å²) in [5, 5.41) is 17.0. The van der Waals surface area contributed by atoms with E-state index < -0.39 is 53.4 Å². The number of carbonyl (C=O) groups excluding carboxylic acids is 4. The summed E-state index contributed by atoms with van der Waals surface area (Å²) in [4.78, 5) is 52.7. The standard InChI is InChI=1S/C27H32F3N5O4/c1-25(2,3)20(34-24(39)27(28,29)30)23(38)35-12-16-18(26(16,4)5)19(35)22(37)32-13(11-31)10-15-14-8-6-7-9-17(14)33-21(15)36/h6-9,13,15-16,18-20H,10,12H2,1-5H3,(H,32,37)(H,33,36)(H,34,39)/t13?,15?,16-,18+,19-,20+/m0/s1. The maximum atomic E-state index is 13.6. The average Bonchev–Trinajstić information content (AvgIpc) is 3.15. The van der Waals surface area contributed by atoms with E-state index in [0.717, 1.165) is 0 Å². The van der Waals surface area contributed by atoms with Crippen molar-refractivity contribution in [3.8, 4) is 6.07 Å². The molecule has 0 aromatic heterocycles. The lowest BCUT2D eigenvalue weighted by Gasteiger charge is -2.37. The van der Waals surface area contributed by atoms with Gasteiger partial charge in [-0.15, -0.1) is 0 Å². The highest BCUT2D eigenvalue weighted by Crippen LogP contribution is 2.65. The minimum absolute atomic E-state index is 0.00942. The molecule has 39 heavy (non-hydrogen) atoms. The molecular weight excluding hydrogens is 515 g/mol. The van der Waals surface area contributed by atoms with Crippen molar-refractivity contribution in [3.63, 3.8) is 0 Å². The number of piperidine rings is 1. The molecule has 1 saturated heterocycles. The van der Waals surface area contributed by atoms with Crippen LogP contribution in [-0.4, -0.2) is 59.4 Å². The Morgan fingerprint density at radius 3 is 2.41 bits per heavy atom. The summed E-state index contributed by atoms with van der Waals surface area (Å²) in [6.45, 7) is 8.60. The van der Waals surface area contributed by atoms with Gasteiger partial charge in [-0.2, -0.15) is 18.4 Å². The van der Waals surface area contributed by atoms with Crippen LogP contribution in [0.1, 0.15) is 52.5 Å². The van der Waals surface area contributed by atoms with Crippen LogP contribution in [0.25, 0.3) is 0 Å². The molecule has 0 radical (unpaired) electrons. The number of alkyl halides is 3. The Bertz CT molecular complexity index is 1250. The Morgan fingerprint density at radius 1 is 1.18 bits per heavy atom. The average molecular weight is 548 g/mol. The van der Waals surface area contributed by atoms with Gasteiger partial charge in [-0.05, 0) is 40.7 Å². The Labute approximate surface area is 224 Å². The number of hydrogen-bond donors (Lipinski definition) is 3. The monoisotopic (exact) mass is 547 g/mol. The molecule has 1 aromatic rings. The van der Waals surface area contributed by atoms with Crippen molar-refractivity contribution < 1.29 is 32.3 Å². The summed E-state index contributed by atoms with van der Waals surface area (Å²) in [6, 6.07) is 5.45. The first kappa shape index (κ1) is 28.4. The summed E-state index contributed by atoms with van der Waals surface area (Å²) in [7, 11) is 0. The van der Waals surface area contributed by atoms with Gasteiger partial charge in [-0.3, -0.25) is 19.2 Å². The maximum Gasteiger partial charge on any atom is 0.471 e. The van der Waals surface area contributed by atoms with Crippen LogP contribution in [0.2, 0.25) is 0 Å². The van der Waals surface area contributed by atoms with E-state index in [1.165, 1.54) is 25.7 Å². The number of nitrogens with zero attached hydrogens (tertiary/aromatic N) is 2. The molecule has 4 amide bonds. The van der Waals surface area contributed by atoms with Gasteiger partial charge < -0.3 is 20.9 Å². The molecule has 2 fully saturated rings. The molecule has 210 valence electrons. The van der Waals surface area contributed by atoms with Crippen molar-refractivity contribution in [1.82, 2.24) is 15.5 Å². The molecule has 2 aliphatic heterocycles. The van der Waals surface area contributed by atoms with Crippen LogP contribution in [-0.2, 0) is 19.2 Å². The fourth-order valence-corrected chi connectivity index (χ4v) is 5.99. The maximum absolute atomic E-state index is 13.6. The van der Waals surface area contributed by atoms with E-state index in [1.54, 1.807) is 24.3 Å². The molecule has 1 aromatic carbocycles. The molecule has 1 saturated carbocycles. The summed E-state index contributed by atoms with van der Waals surface area (Å²) in [5.41, 5.74) is -0.0246. The van der Waals surface area contributed by atoms with Gasteiger partial charge in [0.05, 0.1) is 12.0 Å². The zero-order valence-electron chi connectivity index (χ0n) is 22.3. The SMILES string of the molecule is CC(C)(C)[C@H](NC(=O)C(F)(F)F)C(=O)N1C[C@H]2[C@H]([C@H]1C(=O)NC(C#N)CC1C(=O)Nc3ccccc31)C2(C)C. The predicted molar refractivity (Wildman–Crippen MR) is 134 cm³/mol. The van der Waals surface area contributed by atoms with E-state index in [1.807, 2.05) is 25.2 Å². The lowest BCUT2D eigenvalue weighted by Crippen LogP contribution is -2.61. The highest BCUT2D eigenvalue weighted by Gasteiger charge is 2.70. The zero-order chi connectivity index (χ0) is 29.1. The Hall–Kier alpha value is -3.62. The molecule has 2 heterocycles. The van der Waals surface area contributed by atoms with Gasteiger partial charge >= 0.3 is 12.1 Å². The molecule has 0 bridgehead atoms. The van der Waals surface area contributed by atoms with E-state index >= 15 is 0 Å². The van der Waals surface area contributed by atoms with Crippen LogP contribution in [0, 0.1) is 34.0 Å². The number of carbonyl (C=O) groups is 4. The van der Waals surface area contributed by atoms with Gasteiger partial charge in [-0.1, -0.05) is 52.8 Å². The third kappa shape index (κ3) is 5.18. The second-order valence-electron chi connectivity index (χ2n) is 12.2. The van der Waals surface area contributed by atoms with Crippen LogP contribution < -0.4 is 16.0 Å². The second-order valence-corrected chi connectivity index (χ2v) is 12.2. The van der Waals surface area contributed by atoms with Gasteiger partial charge in [-0.25, -0.2) is 0 Å². The van der Waals surface area contributed by atoms with Crippen LogP contribution >= 0.6 is 0 Å². The number of benzene rings is 1. The smallest absolute Gasteiger partial charge is 0.339 e. The van der Waals surface area contributed by atoms with Crippen LogP contribution in [0.4, 0.5) is 18.9 Å². The van der Waals surface area contributed by atoms with Crippen molar-refractivity contribution in [2.45, 2.75) is 71.3 Å². The number of amides is 4. The minimum atomic E-state index is -5.18. The van der Waals surface area contributed by atoms with Crippen molar-refractivity contribution in [2.24, 2.45) is 22.7 Å². The summed E-state index contributed by atoms with van der Waals surface area (Å²) in [5.74, 6) is -4.92. The van der Waals surface area contributed by atoms with E-state index in [2.05, 4.69) is 10.6 Å². The van der Waals surface area contributed by atoms with Gasteiger partial charge in [0.1, 0.15) is 18.1 Å². The lowest BCUT2D eigenvalue weighted by atomic mass is 9.85. The summed E-state index contributed by atoms with van der Waals surface area (Å²) < 4.78 is 39.1. The number of nitriles is 1. The van der Waals surface area contributed by atoms with E-state index in [4.69, 9.17) is 0 Å². The number of nitrogens with one attached hydrogen (secondary N) is 3. The van der Waals surface area contributed by atoms with Gasteiger partial charge in [0.15, 0.2) is 0 Å². The van der Waals surface area contributed by atoms with Gasteiger partial charge in [0, 0.05) is 12.2 Å². The molecule has 9 nitrogen and oxygen atoms in total. The van der Waals surface area contributed by atoms with Crippen molar-refractivity contribution in [2.75, 3.05) is 11.9 Å².